The Morgan fingerprint density at radius 1 is 1.09 bits per heavy atom. The van der Waals surface area contributed by atoms with Crippen LogP contribution < -0.4 is 14.8 Å². The normalized spacial score (nSPS) is 18.5. The van der Waals surface area contributed by atoms with Gasteiger partial charge in [-0.3, -0.25) is 0 Å². The third-order valence-electron chi connectivity index (χ3n) is 6.00. The van der Waals surface area contributed by atoms with Gasteiger partial charge < -0.3 is 14.8 Å². The van der Waals surface area contributed by atoms with Crippen LogP contribution in [0.1, 0.15) is 28.8 Å². The molecule has 1 aromatic heterocycles. The number of anilines is 1. The maximum absolute atomic E-state index is 15.1. The summed E-state index contributed by atoms with van der Waals surface area (Å²) < 4.78 is 29.5. The molecular weight excluding hydrogens is 487 g/mol. The first kappa shape index (κ1) is 20.0. The Kier molecular flexibility index (Phi) is 4.69. The van der Waals surface area contributed by atoms with Crippen molar-refractivity contribution in [3.63, 3.8) is 0 Å². The Balaban J connectivity index is 1.63. The van der Waals surface area contributed by atoms with Gasteiger partial charge in [-0.1, -0.05) is 36.4 Å². The molecule has 2 aliphatic heterocycles. The Morgan fingerprint density at radius 2 is 1.91 bits per heavy atom. The van der Waals surface area contributed by atoms with Crippen LogP contribution in [0.5, 0.6) is 11.5 Å². The number of ether oxygens (including phenoxy) is 2. The first-order valence-corrected chi connectivity index (χ1v) is 11.2. The van der Waals surface area contributed by atoms with Gasteiger partial charge in [0.25, 0.3) is 0 Å². The molecule has 0 saturated heterocycles. The summed E-state index contributed by atoms with van der Waals surface area (Å²) in [5.74, 6) is 1.68. The fourth-order valence-corrected chi connectivity index (χ4v) is 5.10. The average molecular weight is 505 g/mol. The quantitative estimate of drug-likeness (QED) is 0.385. The summed E-state index contributed by atoms with van der Waals surface area (Å²) in [5.41, 5.74) is 4.00. The minimum atomic E-state index is -0.660. The molecule has 0 bridgehead atoms. The Hall–Kier alpha value is -3.65. The van der Waals surface area contributed by atoms with Gasteiger partial charge in [0.1, 0.15) is 29.7 Å². The van der Waals surface area contributed by atoms with Crippen molar-refractivity contribution in [3.05, 3.63) is 106 Å². The van der Waals surface area contributed by atoms with Crippen molar-refractivity contribution in [2.24, 2.45) is 0 Å². The van der Waals surface area contributed by atoms with E-state index >= 15 is 4.39 Å². The van der Waals surface area contributed by atoms with Gasteiger partial charge in [0, 0.05) is 16.7 Å². The molecule has 164 valence electrons. The number of hydrogen-bond acceptors (Lipinski definition) is 5. The molecule has 0 unspecified atom stereocenters. The highest BCUT2D eigenvalue weighted by Gasteiger charge is 2.41. The Bertz CT molecular complexity index is 1420. The van der Waals surface area contributed by atoms with E-state index in [1.165, 1.54) is 12.4 Å². The molecule has 0 amide bonds. The van der Waals surface area contributed by atoms with E-state index in [4.69, 9.17) is 9.47 Å². The van der Waals surface area contributed by atoms with Crippen molar-refractivity contribution >= 4 is 27.6 Å². The highest BCUT2D eigenvalue weighted by atomic mass is 79.9. The van der Waals surface area contributed by atoms with Crippen molar-refractivity contribution in [2.45, 2.75) is 12.1 Å². The van der Waals surface area contributed by atoms with Crippen LogP contribution in [0.2, 0.25) is 0 Å². The van der Waals surface area contributed by atoms with Crippen molar-refractivity contribution in [3.8, 4) is 11.5 Å². The fourth-order valence-electron chi connectivity index (χ4n) is 4.54. The van der Waals surface area contributed by atoms with Gasteiger partial charge in [-0.2, -0.15) is 10.1 Å². The molecule has 4 aromatic rings. The van der Waals surface area contributed by atoms with E-state index in [-0.39, 0.29) is 11.9 Å². The first-order chi connectivity index (χ1) is 16.2. The van der Waals surface area contributed by atoms with Gasteiger partial charge in [-0.05, 0) is 51.8 Å². The molecule has 2 aliphatic rings. The van der Waals surface area contributed by atoms with Crippen LogP contribution in [0.4, 0.5) is 10.3 Å². The molecule has 1 N–H and O–H groups in total. The van der Waals surface area contributed by atoms with Gasteiger partial charge in [-0.15, -0.1) is 0 Å². The first-order valence-electron chi connectivity index (χ1n) is 10.4. The Labute approximate surface area is 197 Å². The number of hydrogen-bond donors (Lipinski definition) is 1. The number of methoxy groups -OCH3 is 1. The van der Waals surface area contributed by atoms with Crippen LogP contribution >= 0.6 is 15.9 Å². The summed E-state index contributed by atoms with van der Waals surface area (Å²) in [6.45, 7) is 0. The lowest BCUT2D eigenvalue weighted by Crippen LogP contribution is -2.32. The zero-order valence-corrected chi connectivity index (χ0v) is 19.1. The molecule has 33 heavy (non-hydrogen) atoms. The van der Waals surface area contributed by atoms with Crippen molar-refractivity contribution in [1.29, 1.82) is 0 Å². The number of nitrogens with one attached hydrogen (secondary N) is 1. The molecular formula is C25H18BrFN4O2. The molecule has 0 fully saturated rings. The van der Waals surface area contributed by atoms with Gasteiger partial charge in [-0.25, -0.2) is 9.07 Å². The number of aromatic nitrogens is 3. The number of nitrogens with zero attached hydrogens (tertiary/aromatic N) is 3. The van der Waals surface area contributed by atoms with Crippen LogP contribution in [0.15, 0.2) is 83.1 Å². The second-order valence-corrected chi connectivity index (χ2v) is 8.65. The summed E-state index contributed by atoms with van der Waals surface area (Å²) in [6, 6.07) is 19.9. The predicted octanol–water partition coefficient (Wildman–Crippen LogP) is 5.75. The molecule has 6 rings (SSSR count). The molecule has 3 aromatic carbocycles. The van der Waals surface area contributed by atoms with E-state index in [1.54, 1.807) is 23.9 Å². The number of halogens is 2. The van der Waals surface area contributed by atoms with E-state index in [9.17, 15) is 0 Å². The number of benzene rings is 3. The molecule has 0 radical (unpaired) electrons. The molecule has 0 aliphatic carbocycles. The second kappa shape index (κ2) is 7.74. The van der Waals surface area contributed by atoms with Crippen LogP contribution in [-0.4, -0.2) is 21.9 Å². The van der Waals surface area contributed by atoms with Crippen molar-refractivity contribution < 1.29 is 13.9 Å². The average Bonchev–Trinajstić information content (AvgIpc) is 3.31. The standard InChI is InChI=1S/C25H18BrFN4O2/c1-32-20-11-10-14(12-17(20)26)23-21-22(30-25-28-13-29-31(23)25)16-7-3-5-9-19(16)33-24(21)15-6-2-4-8-18(15)27/h2-13,23-24H,1H3,(H,28,29,30)/t23-,24+/m1/s1. The smallest absolute Gasteiger partial charge is 0.226 e. The lowest BCUT2D eigenvalue weighted by Gasteiger charge is -2.39. The lowest BCUT2D eigenvalue weighted by atomic mass is 9.84. The van der Waals surface area contributed by atoms with Crippen molar-refractivity contribution in [2.75, 3.05) is 12.4 Å². The molecule has 2 atom stereocenters. The predicted molar refractivity (Wildman–Crippen MR) is 126 cm³/mol. The molecule has 8 heteroatoms. The Morgan fingerprint density at radius 3 is 2.73 bits per heavy atom. The summed E-state index contributed by atoms with van der Waals surface area (Å²) in [6.07, 6.45) is 0.851. The van der Waals surface area contributed by atoms with Gasteiger partial charge >= 0.3 is 0 Å². The minimum Gasteiger partial charge on any atom is -0.496 e. The lowest BCUT2D eigenvalue weighted by molar-refractivity contribution is 0.218. The van der Waals surface area contributed by atoms with Gasteiger partial charge in [0.15, 0.2) is 6.10 Å². The van der Waals surface area contributed by atoms with E-state index in [0.29, 0.717) is 17.3 Å². The van der Waals surface area contributed by atoms with E-state index in [0.717, 1.165) is 32.6 Å². The van der Waals surface area contributed by atoms with Crippen LogP contribution in [0.3, 0.4) is 0 Å². The minimum absolute atomic E-state index is 0.326. The summed E-state index contributed by atoms with van der Waals surface area (Å²) in [4.78, 5) is 4.42. The SMILES string of the molecule is COc1ccc([C@@H]2C3=C(Nc4ncnn42)c2ccccc2O[C@H]3c2ccccc2F)cc1Br. The third-order valence-corrected chi connectivity index (χ3v) is 6.62. The zero-order valence-electron chi connectivity index (χ0n) is 17.5. The van der Waals surface area contributed by atoms with E-state index < -0.39 is 6.10 Å². The van der Waals surface area contributed by atoms with Crippen LogP contribution in [0.25, 0.3) is 5.70 Å². The maximum atomic E-state index is 15.1. The summed E-state index contributed by atoms with van der Waals surface area (Å²) in [7, 11) is 1.63. The van der Waals surface area contributed by atoms with Crippen LogP contribution in [0, 0.1) is 5.82 Å². The fraction of sp³-hybridized carbons (Fsp3) is 0.120. The van der Waals surface area contributed by atoms with Crippen molar-refractivity contribution in [1.82, 2.24) is 14.8 Å². The third kappa shape index (κ3) is 3.13. The zero-order chi connectivity index (χ0) is 22.5. The number of rotatable bonds is 3. The number of fused-ring (bicyclic) bond motifs is 3. The molecule has 0 saturated carbocycles. The summed E-state index contributed by atoms with van der Waals surface area (Å²) >= 11 is 3.60. The number of para-hydroxylation sites is 1. The second-order valence-electron chi connectivity index (χ2n) is 7.80. The molecule has 3 heterocycles. The summed E-state index contributed by atoms with van der Waals surface area (Å²) in [5, 5.41) is 7.92. The molecule has 6 nitrogen and oxygen atoms in total. The van der Waals surface area contributed by atoms with E-state index in [1.807, 2.05) is 48.5 Å². The van der Waals surface area contributed by atoms with Gasteiger partial charge in [0.05, 0.1) is 17.3 Å². The van der Waals surface area contributed by atoms with E-state index in [2.05, 4.69) is 31.3 Å². The molecule has 0 spiro atoms. The topological polar surface area (TPSA) is 61.2 Å². The highest BCUT2D eigenvalue weighted by Crippen LogP contribution is 2.51. The monoisotopic (exact) mass is 504 g/mol. The van der Waals surface area contributed by atoms with Gasteiger partial charge in [0.2, 0.25) is 5.95 Å². The maximum Gasteiger partial charge on any atom is 0.226 e. The van der Waals surface area contributed by atoms with Crippen LogP contribution in [-0.2, 0) is 0 Å². The largest absolute Gasteiger partial charge is 0.496 e. The highest BCUT2D eigenvalue weighted by molar-refractivity contribution is 9.10.